The van der Waals surface area contributed by atoms with Gasteiger partial charge in [-0.15, -0.1) is 0 Å². The van der Waals surface area contributed by atoms with Crippen LogP contribution in [0.1, 0.15) is 33.9 Å². The van der Waals surface area contributed by atoms with Crippen molar-refractivity contribution < 1.29 is 19.3 Å². The van der Waals surface area contributed by atoms with Crippen LogP contribution in [0.3, 0.4) is 0 Å². The summed E-state index contributed by atoms with van der Waals surface area (Å²) in [7, 11) is 0. The van der Waals surface area contributed by atoms with Crippen molar-refractivity contribution in [3.63, 3.8) is 0 Å². The molecule has 0 saturated carbocycles. The van der Waals surface area contributed by atoms with Crippen molar-refractivity contribution in [1.82, 2.24) is 9.55 Å². The highest BCUT2D eigenvalue weighted by Gasteiger charge is 2.46. The maximum Gasteiger partial charge on any atom is 0.330 e. The van der Waals surface area contributed by atoms with Gasteiger partial charge in [-0.3, -0.25) is 14.3 Å². The molecule has 4 atom stereocenters. The van der Waals surface area contributed by atoms with Gasteiger partial charge in [0.15, 0.2) is 6.23 Å². The average molecular weight is 407 g/mol. The third-order valence-electron chi connectivity index (χ3n) is 3.53. The third kappa shape index (κ3) is 4.34. The Bertz CT molecular complexity index is 671. The fourth-order valence-corrected chi connectivity index (χ4v) is 2.82. The zero-order valence-electron chi connectivity index (χ0n) is 14.1. The second-order valence-corrected chi connectivity index (χ2v) is 7.09. The van der Waals surface area contributed by atoms with Gasteiger partial charge < -0.3 is 19.3 Å². The van der Waals surface area contributed by atoms with Crippen LogP contribution in [0, 0.1) is 0 Å². The number of aromatic nitrogens is 2. The van der Waals surface area contributed by atoms with Gasteiger partial charge in [-0.25, -0.2) is 4.79 Å². The summed E-state index contributed by atoms with van der Waals surface area (Å²) in [6.45, 7) is 7.71. The molecule has 2 rings (SSSR count). The predicted molar refractivity (Wildman–Crippen MR) is 90.0 cm³/mol. The molecule has 136 valence electrons. The first kappa shape index (κ1) is 19.3. The molecule has 0 spiro atoms. The highest BCUT2D eigenvalue weighted by Crippen LogP contribution is 2.31. The lowest BCUT2D eigenvalue weighted by Gasteiger charge is -2.23. The first-order valence-corrected chi connectivity index (χ1v) is 8.61. The molecule has 0 aliphatic carbocycles. The van der Waals surface area contributed by atoms with Crippen molar-refractivity contribution in [1.29, 1.82) is 0 Å². The molecule has 1 aliphatic rings. The van der Waals surface area contributed by atoms with Crippen LogP contribution < -0.4 is 11.2 Å². The smallest absolute Gasteiger partial charge is 0.330 e. The minimum atomic E-state index is -1.08. The van der Waals surface area contributed by atoms with Crippen LogP contribution in [0.5, 0.6) is 0 Å². The topological polar surface area (TPSA) is 103 Å². The van der Waals surface area contributed by atoms with E-state index in [-0.39, 0.29) is 23.3 Å². The Morgan fingerprint density at radius 2 is 2.00 bits per heavy atom. The summed E-state index contributed by atoms with van der Waals surface area (Å²) >= 11 is 3.07. The third-order valence-corrected chi connectivity index (χ3v) is 4.10. The summed E-state index contributed by atoms with van der Waals surface area (Å²) in [4.78, 5) is 25.7. The van der Waals surface area contributed by atoms with Gasteiger partial charge in [-0.2, -0.15) is 0 Å². The molecule has 0 amide bonds. The number of hydrogen-bond donors (Lipinski definition) is 2. The highest BCUT2D eigenvalue weighted by molar-refractivity contribution is 9.10. The first-order chi connectivity index (χ1) is 11.2. The lowest BCUT2D eigenvalue weighted by molar-refractivity contribution is -0.0979. The quantitative estimate of drug-likeness (QED) is 0.723. The molecule has 0 bridgehead atoms. The number of rotatable bonds is 6. The number of halogens is 1. The number of ether oxygens (including phenoxy) is 3. The monoisotopic (exact) mass is 406 g/mol. The summed E-state index contributed by atoms with van der Waals surface area (Å²) < 4.78 is 18.5. The molecule has 0 aromatic carbocycles. The van der Waals surface area contributed by atoms with Crippen molar-refractivity contribution in [2.24, 2.45) is 0 Å². The number of hydrogen-bond acceptors (Lipinski definition) is 6. The van der Waals surface area contributed by atoms with Gasteiger partial charge in [0.25, 0.3) is 5.56 Å². The number of nitrogens with zero attached hydrogens (tertiary/aromatic N) is 1. The summed E-state index contributed by atoms with van der Waals surface area (Å²) in [5.41, 5.74) is -1.21. The Balaban J connectivity index is 2.30. The lowest BCUT2D eigenvalue weighted by Crippen LogP contribution is -2.40. The molecule has 2 unspecified atom stereocenters. The number of H-pyrrole nitrogens is 1. The molecule has 1 fully saturated rings. The van der Waals surface area contributed by atoms with E-state index >= 15 is 0 Å². The molecule has 1 aliphatic heterocycles. The van der Waals surface area contributed by atoms with Gasteiger partial charge in [0.1, 0.15) is 18.3 Å². The Morgan fingerprint density at radius 1 is 1.33 bits per heavy atom. The standard InChI is InChI=1S/C15H23BrN2O6/c1-7(2)22-6-10-12(23-8(3)4)11(19)14(24-10)18-5-9(16)13(20)17-15(18)21/h5,7-8,10-12,14,19H,6H2,1-4H3,(H,17,20,21)/t10-,11?,12?,14-/m1/s1. The fraction of sp³-hybridized carbons (Fsp3) is 0.733. The largest absolute Gasteiger partial charge is 0.386 e. The minimum absolute atomic E-state index is 0.00515. The van der Waals surface area contributed by atoms with E-state index in [2.05, 4.69) is 20.9 Å². The maximum atomic E-state index is 12.0. The molecule has 0 radical (unpaired) electrons. The van der Waals surface area contributed by atoms with E-state index in [0.29, 0.717) is 0 Å². The minimum Gasteiger partial charge on any atom is -0.386 e. The second kappa shape index (κ2) is 7.92. The van der Waals surface area contributed by atoms with Crippen LogP contribution in [-0.2, 0) is 14.2 Å². The van der Waals surface area contributed by atoms with Crippen LogP contribution in [0.2, 0.25) is 0 Å². The van der Waals surface area contributed by atoms with E-state index in [1.165, 1.54) is 6.20 Å². The molecular formula is C15H23BrN2O6. The van der Waals surface area contributed by atoms with Gasteiger partial charge in [0.2, 0.25) is 0 Å². The SMILES string of the molecule is CC(C)OC[C@H]1O[C@@H](n2cc(Br)c(=O)[nH]c2=O)C(O)C1OC(C)C. The van der Waals surface area contributed by atoms with E-state index in [1.54, 1.807) is 0 Å². The van der Waals surface area contributed by atoms with Crippen molar-refractivity contribution in [3.05, 3.63) is 31.5 Å². The van der Waals surface area contributed by atoms with Gasteiger partial charge in [0, 0.05) is 6.20 Å². The molecule has 9 heteroatoms. The zero-order chi connectivity index (χ0) is 18.0. The van der Waals surface area contributed by atoms with E-state index in [9.17, 15) is 14.7 Å². The van der Waals surface area contributed by atoms with Crippen molar-refractivity contribution in [2.75, 3.05) is 6.61 Å². The molecular weight excluding hydrogens is 384 g/mol. The number of aliphatic hydroxyl groups is 1. The van der Waals surface area contributed by atoms with Crippen molar-refractivity contribution in [2.45, 2.75) is 64.4 Å². The van der Waals surface area contributed by atoms with E-state index in [0.717, 1.165) is 4.57 Å². The molecule has 1 aromatic rings. The Kier molecular flexibility index (Phi) is 6.38. The summed E-state index contributed by atoms with van der Waals surface area (Å²) in [5, 5.41) is 10.6. The second-order valence-electron chi connectivity index (χ2n) is 6.23. The molecule has 2 N–H and O–H groups in total. The number of aliphatic hydroxyl groups excluding tert-OH is 1. The zero-order valence-corrected chi connectivity index (χ0v) is 15.6. The Labute approximate surface area is 147 Å². The van der Waals surface area contributed by atoms with Gasteiger partial charge in [-0.05, 0) is 43.6 Å². The Hall–Kier alpha value is -1.00. The molecule has 8 nitrogen and oxygen atoms in total. The van der Waals surface area contributed by atoms with Crippen LogP contribution >= 0.6 is 15.9 Å². The average Bonchev–Trinajstić information content (AvgIpc) is 2.77. The van der Waals surface area contributed by atoms with Crippen molar-refractivity contribution >= 4 is 15.9 Å². The first-order valence-electron chi connectivity index (χ1n) is 7.82. The van der Waals surface area contributed by atoms with Crippen LogP contribution in [-0.4, -0.2) is 51.8 Å². The number of nitrogens with one attached hydrogen (secondary N) is 1. The number of aromatic amines is 1. The summed E-state index contributed by atoms with van der Waals surface area (Å²) in [5.74, 6) is 0. The predicted octanol–water partition coefficient (Wildman–Crippen LogP) is 0.776. The van der Waals surface area contributed by atoms with Gasteiger partial charge >= 0.3 is 5.69 Å². The van der Waals surface area contributed by atoms with Gasteiger partial charge in [0.05, 0.1) is 23.3 Å². The summed E-state index contributed by atoms with van der Waals surface area (Å²) in [6, 6.07) is 0. The molecule has 1 aromatic heterocycles. The molecule has 2 heterocycles. The van der Waals surface area contributed by atoms with E-state index in [4.69, 9.17) is 14.2 Å². The highest BCUT2D eigenvalue weighted by atomic mass is 79.9. The fourth-order valence-electron chi connectivity index (χ4n) is 2.50. The van der Waals surface area contributed by atoms with Crippen LogP contribution in [0.25, 0.3) is 0 Å². The van der Waals surface area contributed by atoms with Crippen LogP contribution in [0.15, 0.2) is 20.3 Å². The lowest BCUT2D eigenvalue weighted by atomic mass is 10.1. The van der Waals surface area contributed by atoms with E-state index < -0.39 is 35.8 Å². The van der Waals surface area contributed by atoms with Crippen LogP contribution in [0.4, 0.5) is 0 Å². The van der Waals surface area contributed by atoms with E-state index in [1.807, 2.05) is 27.7 Å². The maximum absolute atomic E-state index is 12.0. The molecule has 1 saturated heterocycles. The summed E-state index contributed by atoms with van der Waals surface area (Å²) in [6.07, 6.45) is -2.08. The Morgan fingerprint density at radius 3 is 2.58 bits per heavy atom. The molecule has 24 heavy (non-hydrogen) atoms. The normalized spacial score (nSPS) is 27.3. The van der Waals surface area contributed by atoms with Crippen molar-refractivity contribution in [3.8, 4) is 0 Å². The van der Waals surface area contributed by atoms with Gasteiger partial charge in [-0.1, -0.05) is 0 Å².